The maximum Gasteiger partial charge on any atom is 0.132 e. The second-order valence-corrected chi connectivity index (χ2v) is 6.25. The molecule has 1 atom stereocenters. The lowest BCUT2D eigenvalue weighted by atomic mass is 10.2. The lowest BCUT2D eigenvalue weighted by Crippen LogP contribution is -2.03. The Bertz CT molecular complexity index is 810. The molecule has 0 aliphatic rings. The number of halogens is 4. The van der Waals surface area contributed by atoms with Crippen molar-refractivity contribution in [2.75, 3.05) is 0 Å². The summed E-state index contributed by atoms with van der Waals surface area (Å²) in [5.41, 5.74) is 1.80. The highest BCUT2D eigenvalue weighted by atomic mass is 79.9. The van der Waals surface area contributed by atoms with Gasteiger partial charge in [-0.15, -0.1) is 11.6 Å². The monoisotopic (exact) mass is 370 g/mol. The molecular weight excluding hydrogens is 362 g/mol. The minimum Gasteiger partial charge on any atom is -0.295 e. The summed E-state index contributed by atoms with van der Waals surface area (Å²) < 4.78 is 29.6. The molecule has 6 heteroatoms. The molecule has 3 rings (SSSR count). The van der Waals surface area contributed by atoms with Crippen LogP contribution < -0.4 is 0 Å². The summed E-state index contributed by atoms with van der Waals surface area (Å²) >= 11 is 9.56. The SMILES string of the molecule is CC(Cl)c1nc2ccc(Br)cc2n1-c1cc(F)cc(F)c1. The molecule has 0 saturated heterocycles. The number of alkyl halides is 1. The second-order valence-electron chi connectivity index (χ2n) is 4.68. The summed E-state index contributed by atoms with van der Waals surface area (Å²) in [6.07, 6.45) is 0. The van der Waals surface area contributed by atoms with E-state index in [1.54, 1.807) is 11.5 Å². The third-order valence-electron chi connectivity index (χ3n) is 3.10. The van der Waals surface area contributed by atoms with Crippen molar-refractivity contribution < 1.29 is 8.78 Å². The molecule has 21 heavy (non-hydrogen) atoms. The largest absolute Gasteiger partial charge is 0.295 e. The van der Waals surface area contributed by atoms with Crippen molar-refractivity contribution >= 4 is 38.6 Å². The molecule has 1 aromatic heterocycles. The van der Waals surface area contributed by atoms with Gasteiger partial charge in [-0.05, 0) is 37.3 Å². The van der Waals surface area contributed by atoms with Crippen LogP contribution in [0.25, 0.3) is 16.7 Å². The molecule has 0 amide bonds. The Balaban J connectivity index is 2.38. The number of nitrogens with zero attached hydrogens (tertiary/aromatic N) is 2. The van der Waals surface area contributed by atoms with Crippen molar-refractivity contribution in [2.24, 2.45) is 0 Å². The van der Waals surface area contributed by atoms with Crippen LogP contribution >= 0.6 is 27.5 Å². The van der Waals surface area contributed by atoms with Gasteiger partial charge < -0.3 is 0 Å². The summed E-state index contributed by atoms with van der Waals surface area (Å²) in [7, 11) is 0. The van der Waals surface area contributed by atoms with Gasteiger partial charge in [-0.25, -0.2) is 13.8 Å². The summed E-state index contributed by atoms with van der Waals surface area (Å²) in [6.45, 7) is 1.77. The van der Waals surface area contributed by atoms with Crippen molar-refractivity contribution in [1.29, 1.82) is 0 Å². The van der Waals surface area contributed by atoms with Gasteiger partial charge in [-0.3, -0.25) is 4.57 Å². The number of imidazole rings is 1. The molecule has 0 spiro atoms. The number of benzene rings is 2. The van der Waals surface area contributed by atoms with E-state index >= 15 is 0 Å². The molecule has 3 aromatic rings. The smallest absolute Gasteiger partial charge is 0.132 e. The molecule has 0 radical (unpaired) electrons. The maximum atomic E-state index is 13.5. The zero-order valence-electron chi connectivity index (χ0n) is 10.9. The quantitative estimate of drug-likeness (QED) is 0.554. The van der Waals surface area contributed by atoms with Crippen molar-refractivity contribution in [3.8, 4) is 5.69 Å². The molecule has 108 valence electrons. The molecule has 0 N–H and O–H groups in total. The maximum absolute atomic E-state index is 13.5. The molecule has 1 heterocycles. The third-order valence-corrected chi connectivity index (χ3v) is 3.79. The summed E-state index contributed by atoms with van der Waals surface area (Å²) in [5, 5.41) is -0.400. The highest BCUT2D eigenvalue weighted by molar-refractivity contribution is 9.10. The molecule has 0 bridgehead atoms. The zero-order chi connectivity index (χ0) is 15.1. The van der Waals surface area contributed by atoms with Crippen molar-refractivity contribution in [2.45, 2.75) is 12.3 Å². The number of hydrogen-bond acceptors (Lipinski definition) is 1. The van der Waals surface area contributed by atoms with E-state index in [0.29, 0.717) is 17.0 Å². The van der Waals surface area contributed by atoms with Crippen molar-refractivity contribution in [3.05, 3.63) is 58.3 Å². The van der Waals surface area contributed by atoms with Crippen LogP contribution in [0.5, 0.6) is 0 Å². The molecule has 2 nitrogen and oxygen atoms in total. The van der Waals surface area contributed by atoms with Gasteiger partial charge in [0, 0.05) is 10.5 Å². The Morgan fingerprint density at radius 1 is 1.14 bits per heavy atom. The van der Waals surface area contributed by atoms with Gasteiger partial charge in [0.2, 0.25) is 0 Å². The van der Waals surface area contributed by atoms with E-state index in [1.807, 2.05) is 18.2 Å². The van der Waals surface area contributed by atoms with Gasteiger partial charge in [-0.1, -0.05) is 15.9 Å². The highest BCUT2D eigenvalue weighted by Gasteiger charge is 2.17. The van der Waals surface area contributed by atoms with E-state index in [9.17, 15) is 8.78 Å². The number of rotatable bonds is 2. The predicted octanol–water partition coefficient (Wildman–Crippen LogP) is 5.37. The number of fused-ring (bicyclic) bond motifs is 1. The Hall–Kier alpha value is -1.46. The number of aromatic nitrogens is 2. The molecule has 0 fully saturated rings. The van der Waals surface area contributed by atoms with E-state index in [0.717, 1.165) is 16.1 Å². The lowest BCUT2D eigenvalue weighted by Gasteiger charge is -2.11. The minimum atomic E-state index is -0.643. The first-order valence-corrected chi connectivity index (χ1v) is 7.47. The van der Waals surface area contributed by atoms with E-state index in [4.69, 9.17) is 11.6 Å². The predicted molar refractivity (Wildman–Crippen MR) is 83.0 cm³/mol. The van der Waals surface area contributed by atoms with E-state index in [-0.39, 0.29) is 0 Å². The normalized spacial score (nSPS) is 12.8. The molecular formula is C15H10BrClF2N2. The third kappa shape index (κ3) is 2.68. The van der Waals surface area contributed by atoms with Gasteiger partial charge >= 0.3 is 0 Å². The van der Waals surface area contributed by atoms with Gasteiger partial charge in [0.15, 0.2) is 0 Å². The Labute approximate surface area is 133 Å². The molecule has 0 saturated carbocycles. The van der Waals surface area contributed by atoms with Gasteiger partial charge in [0.25, 0.3) is 0 Å². The van der Waals surface area contributed by atoms with Crippen LogP contribution in [0.2, 0.25) is 0 Å². The minimum absolute atomic E-state index is 0.357. The van der Waals surface area contributed by atoms with Gasteiger partial charge in [0.1, 0.15) is 17.5 Å². The van der Waals surface area contributed by atoms with Crippen LogP contribution in [-0.4, -0.2) is 9.55 Å². The van der Waals surface area contributed by atoms with Crippen LogP contribution in [0.4, 0.5) is 8.78 Å². The van der Waals surface area contributed by atoms with Crippen LogP contribution in [-0.2, 0) is 0 Å². The van der Waals surface area contributed by atoms with Crippen LogP contribution in [0.15, 0.2) is 40.9 Å². The van der Waals surface area contributed by atoms with E-state index in [2.05, 4.69) is 20.9 Å². The first-order chi connectivity index (χ1) is 9.95. The van der Waals surface area contributed by atoms with Gasteiger partial charge in [-0.2, -0.15) is 0 Å². The lowest BCUT2D eigenvalue weighted by molar-refractivity contribution is 0.581. The average Bonchev–Trinajstić information content (AvgIpc) is 2.76. The fraction of sp³-hybridized carbons (Fsp3) is 0.133. The average molecular weight is 372 g/mol. The standard InChI is InChI=1S/C15H10BrClF2N2/c1-8(17)15-20-13-3-2-9(16)4-14(13)21(15)12-6-10(18)5-11(19)7-12/h2-8H,1H3. The second kappa shape index (κ2) is 5.39. The number of hydrogen-bond donors (Lipinski definition) is 0. The highest BCUT2D eigenvalue weighted by Crippen LogP contribution is 2.30. The fourth-order valence-electron chi connectivity index (χ4n) is 2.27. The Morgan fingerprint density at radius 2 is 1.81 bits per heavy atom. The van der Waals surface area contributed by atoms with Crippen molar-refractivity contribution in [1.82, 2.24) is 9.55 Å². The Kier molecular flexibility index (Phi) is 3.71. The molecule has 0 aliphatic carbocycles. The van der Waals surface area contributed by atoms with Crippen LogP contribution in [0.3, 0.4) is 0 Å². The first kappa shape index (κ1) is 14.5. The molecule has 2 aromatic carbocycles. The Morgan fingerprint density at radius 3 is 2.43 bits per heavy atom. The molecule has 0 aliphatic heterocycles. The fourth-order valence-corrected chi connectivity index (χ4v) is 2.77. The van der Waals surface area contributed by atoms with Crippen molar-refractivity contribution in [3.63, 3.8) is 0 Å². The molecule has 1 unspecified atom stereocenters. The van der Waals surface area contributed by atoms with E-state index < -0.39 is 17.0 Å². The zero-order valence-corrected chi connectivity index (χ0v) is 13.3. The van der Waals surface area contributed by atoms with Crippen LogP contribution in [0, 0.1) is 11.6 Å². The first-order valence-electron chi connectivity index (χ1n) is 6.24. The summed E-state index contributed by atoms with van der Waals surface area (Å²) in [4.78, 5) is 4.45. The summed E-state index contributed by atoms with van der Waals surface area (Å²) in [5.74, 6) is -0.750. The summed E-state index contributed by atoms with van der Waals surface area (Å²) in [6, 6.07) is 8.88. The van der Waals surface area contributed by atoms with E-state index in [1.165, 1.54) is 12.1 Å². The topological polar surface area (TPSA) is 17.8 Å². The van der Waals surface area contributed by atoms with Gasteiger partial charge in [0.05, 0.1) is 22.1 Å². The van der Waals surface area contributed by atoms with Crippen LogP contribution in [0.1, 0.15) is 18.1 Å².